The standard InChI is InChI=1S/C19H22F6N2O2/c1-7(2)10-6-5-8(3)11(20)18(10)29-27-9(4)19(28)26-17-15(24)13(22)12(21)14(23)16(17)25/h7-8,10-11,18H,5-6H2,1-4H3,(H,26,28)/b27-9-/t8-,10+,11+,18-/m1/s1. The van der Waals surface area contributed by atoms with Crippen LogP contribution in [-0.4, -0.2) is 23.9 Å². The lowest BCUT2D eigenvalue weighted by Crippen LogP contribution is -2.43. The average Bonchev–Trinajstić information content (AvgIpc) is 2.68. The van der Waals surface area contributed by atoms with Crippen LogP contribution in [0.15, 0.2) is 5.16 Å². The van der Waals surface area contributed by atoms with Crippen molar-refractivity contribution in [3.05, 3.63) is 29.1 Å². The van der Waals surface area contributed by atoms with Gasteiger partial charge in [-0.2, -0.15) is 0 Å². The van der Waals surface area contributed by atoms with E-state index in [2.05, 4.69) is 5.16 Å². The zero-order valence-electron chi connectivity index (χ0n) is 16.3. The van der Waals surface area contributed by atoms with Crippen LogP contribution in [0.3, 0.4) is 0 Å². The number of nitrogens with zero attached hydrogens (tertiary/aromatic N) is 1. The second-order valence-electron chi connectivity index (χ2n) is 7.55. The number of halogens is 6. The molecule has 1 N–H and O–H groups in total. The number of rotatable bonds is 5. The molecule has 1 saturated carbocycles. The first-order chi connectivity index (χ1) is 13.5. The van der Waals surface area contributed by atoms with Crippen molar-refractivity contribution in [2.75, 3.05) is 5.32 Å². The Balaban J connectivity index is 2.19. The van der Waals surface area contributed by atoms with Crippen molar-refractivity contribution in [3.8, 4) is 0 Å². The van der Waals surface area contributed by atoms with Gasteiger partial charge in [-0.05, 0) is 31.6 Å². The van der Waals surface area contributed by atoms with Crippen LogP contribution >= 0.6 is 0 Å². The normalized spacial score (nSPS) is 25.3. The maximum absolute atomic E-state index is 14.6. The van der Waals surface area contributed by atoms with E-state index in [-0.39, 0.29) is 17.8 Å². The first kappa shape index (κ1) is 23.0. The fourth-order valence-corrected chi connectivity index (χ4v) is 3.29. The lowest BCUT2D eigenvalue weighted by molar-refractivity contribution is -0.111. The van der Waals surface area contributed by atoms with Crippen LogP contribution < -0.4 is 5.32 Å². The summed E-state index contributed by atoms with van der Waals surface area (Å²) in [6.45, 7) is 6.63. The van der Waals surface area contributed by atoms with E-state index in [1.807, 2.05) is 13.8 Å². The quantitative estimate of drug-likeness (QED) is 0.235. The molecule has 2 rings (SSSR count). The van der Waals surface area contributed by atoms with E-state index in [4.69, 9.17) is 4.84 Å². The summed E-state index contributed by atoms with van der Waals surface area (Å²) in [6.07, 6.45) is -0.871. The maximum Gasteiger partial charge on any atom is 0.273 e. The van der Waals surface area contributed by atoms with Crippen molar-refractivity contribution >= 4 is 17.3 Å². The first-order valence-electron chi connectivity index (χ1n) is 9.14. The number of nitrogens with one attached hydrogen (secondary N) is 1. The van der Waals surface area contributed by atoms with Crippen molar-refractivity contribution in [3.63, 3.8) is 0 Å². The monoisotopic (exact) mass is 424 g/mol. The number of benzene rings is 1. The molecule has 0 saturated heterocycles. The van der Waals surface area contributed by atoms with Gasteiger partial charge in [0, 0.05) is 5.92 Å². The molecule has 1 aromatic carbocycles. The minimum absolute atomic E-state index is 0.0865. The zero-order chi connectivity index (χ0) is 22.0. The van der Waals surface area contributed by atoms with Crippen molar-refractivity contribution < 1.29 is 36.0 Å². The van der Waals surface area contributed by atoms with Crippen LogP contribution in [0.1, 0.15) is 40.5 Å². The Morgan fingerprint density at radius 3 is 2.07 bits per heavy atom. The van der Waals surface area contributed by atoms with Crippen LogP contribution in [-0.2, 0) is 9.63 Å². The summed E-state index contributed by atoms with van der Waals surface area (Å²) in [7, 11) is 0. The number of oxime groups is 1. The van der Waals surface area contributed by atoms with Crippen LogP contribution in [0.5, 0.6) is 0 Å². The highest BCUT2D eigenvalue weighted by Gasteiger charge is 2.41. The average molecular weight is 424 g/mol. The summed E-state index contributed by atoms with van der Waals surface area (Å²) in [5.74, 6) is -12.7. The molecule has 1 aromatic rings. The summed E-state index contributed by atoms with van der Waals surface area (Å²) in [6, 6.07) is 0. The van der Waals surface area contributed by atoms with E-state index in [1.165, 1.54) is 0 Å². The van der Waals surface area contributed by atoms with Gasteiger partial charge >= 0.3 is 0 Å². The highest BCUT2D eigenvalue weighted by molar-refractivity contribution is 6.42. The van der Waals surface area contributed by atoms with Crippen LogP contribution in [0.2, 0.25) is 0 Å². The highest BCUT2D eigenvalue weighted by atomic mass is 19.2. The molecule has 1 fully saturated rings. The number of alkyl halides is 1. The number of carbonyl (C=O) groups excluding carboxylic acids is 1. The van der Waals surface area contributed by atoms with Gasteiger partial charge in [-0.1, -0.05) is 25.9 Å². The smallest absolute Gasteiger partial charge is 0.273 e. The van der Waals surface area contributed by atoms with E-state index in [0.29, 0.717) is 12.8 Å². The van der Waals surface area contributed by atoms with Gasteiger partial charge in [-0.25, -0.2) is 26.3 Å². The van der Waals surface area contributed by atoms with Crippen LogP contribution in [0, 0.1) is 46.8 Å². The summed E-state index contributed by atoms with van der Waals surface area (Å²) < 4.78 is 81.5. The predicted molar refractivity (Wildman–Crippen MR) is 94.5 cm³/mol. The van der Waals surface area contributed by atoms with E-state index in [9.17, 15) is 31.1 Å². The van der Waals surface area contributed by atoms with Crippen LogP contribution in [0.25, 0.3) is 0 Å². The molecule has 0 spiro atoms. The van der Waals surface area contributed by atoms with Gasteiger partial charge < -0.3 is 10.2 Å². The number of hydrogen-bond acceptors (Lipinski definition) is 3. The molecule has 162 valence electrons. The fraction of sp³-hybridized carbons (Fsp3) is 0.579. The number of amides is 1. The Kier molecular flexibility index (Phi) is 7.18. The molecule has 1 aliphatic rings. The van der Waals surface area contributed by atoms with E-state index in [0.717, 1.165) is 6.92 Å². The van der Waals surface area contributed by atoms with Gasteiger partial charge in [-0.15, -0.1) is 0 Å². The second kappa shape index (κ2) is 9.04. The molecule has 29 heavy (non-hydrogen) atoms. The van der Waals surface area contributed by atoms with E-state index >= 15 is 0 Å². The van der Waals surface area contributed by atoms with Gasteiger partial charge in [0.1, 0.15) is 17.6 Å². The van der Waals surface area contributed by atoms with Crippen molar-refractivity contribution in [1.82, 2.24) is 0 Å². The minimum atomic E-state index is -2.34. The third-order valence-corrected chi connectivity index (χ3v) is 5.18. The Morgan fingerprint density at radius 2 is 1.55 bits per heavy atom. The highest BCUT2D eigenvalue weighted by Crippen LogP contribution is 2.37. The molecule has 0 radical (unpaired) electrons. The second-order valence-corrected chi connectivity index (χ2v) is 7.55. The molecule has 1 amide bonds. The summed E-state index contributed by atoms with van der Waals surface area (Å²) in [5, 5.41) is 5.13. The topological polar surface area (TPSA) is 50.7 Å². The van der Waals surface area contributed by atoms with Crippen molar-refractivity contribution in [2.24, 2.45) is 22.9 Å². The van der Waals surface area contributed by atoms with Crippen molar-refractivity contribution in [1.29, 1.82) is 0 Å². The fourth-order valence-electron chi connectivity index (χ4n) is 3.29. The molecule has 0 unspecified atom stereocenters. The van der Waals surface area contributed by atoms with E-state index < -0.39 is 58.7 Å². The summed E-state index contributed by atoms with van der Waals surface area (Å²) in [5.41, 5.74) is -1.97. The predicted octanol–water partition coefficient (Wildman–Crippen LogP) is 5.12. The van der Waals surface area contributed by atoms with Crippen LogP contribution in [0.4, 0.5) is 32.0 Å². The molecule has 0 aliphatic heterocycles. The van der Waals surface area contributed by atoms with Gasteiger partial charge in [-0.3, -0.25) is 4.79 Å². The molecular formula is C19H22F6N2O2. The lowest BCUT2D eigenvalue weighted by Gasteiger charge is -2.38. The zero-order valence-corrected chi connectivity index (χ0v) is 16.3. The molecule has 10 heteroatoms. The van der Waals surface area contributed by atoms with E-state index in [1.54, 1.807) is 12.2 Å². The Bertz CT molecular complexity index is 785. The molecule has 0 bridgehead atoms. The molecule has 4 nitrogen and oxygen atoms in total. The largest absolute Gasteiger partial charge is 0.389 e. The molecular weight excluding hydrogens is 402 g/mol. The Labute approximate surface area is 164 Å². The minimum Gasteiger partial charge on any atom is -0.389 e. The molecule has 1 aliphatic carbocycles. The maximum atomic E-state index is 14.6. The molecule has 0 aromatic heterocycles. The lowest BCUT2D eigenvalue weighted by atomic mass is 9.74. The number of carbonyl (C=O) groups is 1. The van der Waals surface area contributed by atoms with Gasteiger partial charge in [0.15, 0.2) is 29.4 Å². The first-order valence-corrected chi connectivity index (χ1v) is 9.14. The Morgan fingerprint density at radius 1 is 1.03 bits per heavy atom. The third kappa shape index (κ3) is 4.67. The molecule has 4 atom stereocenters. The SMILES string of the molecule is C/C(=N/O[C@H]1[C@@H](F)[C@H](C)CC[C@H]1C(C)C)C(=O)Nc1c(F)c(F)c(F)c(F)c1F. The summed E-state index contributed by atoms with van der Waals surface area (Å²) in [4.78, 5) is 17.3. The third-order valence-electron chi connectivity index (χ3n) is 5.18. The van der Waals surface area contributed by atoms with Gasteiger partial charge in [0.05, 0.1) is 0 Å². The van der Waals surface area contributed by atoms with Gasteiger partial charge in [0.2, 0.25) is 5.82 Å². The Hall–Kier alpha value is -2.26. The van der Waals surface area contributed by atoms with Gasteiger partial charge in [0.25, 0.3) is 5.91 Å². The van der Waals surface area contributed by atoms with Crippen molar-refractivity contribution in [2.45, 2.75) is 52.8 Å². The number of hydrogen-bond donors (Lipinski definition) is 1. The summed E-state index contributed by atoms with van der Waals surface area (Å²) >= 11 is 0. The molecule has 0 heterocycles. The number of anilines is 1.